The van der Waals surface area contributed by atoms with E-state index in [0.29, 0.717) is 0 Å². The summed E-state index contributed by atoms with van der Waals surface area (Å²) in [6.45, 7) is 0. The molecule has 0 aliphatic rings. The number of para-hydroxylation sites is 1. The fraction of sp³-hybridized carbons (Fsp3) is 0. The molecule has 7 aromatic carbocycles. The van der Waals surface area contributed by atoms with Crippen molar-refractivity contribution in [2.24, 2.45) is 0 Å². The number of fused-ring (bicyclic) bond motifs is 9. The van der Waals surface area contributed by atoms with Crippen LogP contribution in [0, 0.1) is 0 Å². The number of benzene rings is 7. The Morgan fingerprint density at radius 1 is 0.422 bits per heavy atom. The number of hydrogen-bond donors (Lipinski definition) is 0. The molecule has 0 radical (unpaired) electrons. The van der Waals surface area contributed by atoms with E-state index >= 15 is 0 Å². The first-order valence-corrected chi connectivity index (χ1v) is 15.2. The number of rotatable bonds is 2. The Morgan fingerprint density at radius 3 is 2.20 bits per heavy atom. The molecule has 0 spiro atoms. The molecule has 0 atom stereocenters. The SMILES string of the molecule is c1ccc(-c2ccc3c(c2)c2c(-n4c5cc6c(cc5c5ncccc54)oc4ccccc46)ccc4oc5cccc3c5c42)cc1. The van der Waals surface area contributed by atoms with Crippen LogP contribution in [0.1, 0.15) is 0 Å². The number of nitrogens with zero attached hydrogens (tertiary/aromatic N) is 2. The zero-order valence-corrected chi connectivity index (χ0v) is 23.9. The molecule has 45 heavy (non-hydrogen) atoms. The van der Waals surface area contributed by atoms with Crippen LogP contribution in [0.4, 0.5) is 0 Å². The molecule has 4 heteroatoms. The quantitative estimate of drug-likeness (QED) is 0.193. The Balaban J connectivity index is 1.36. The number of furan rings is 2. The Hall–Kier alpha value is -6.13. The van der Waals surface area contributed by atoms with E-state index in [2.05, 4.69) is 114 Å². The molecule has 11 rings (SSSR count). The molecule has 0 amide bonds. The normalized spacial score (nSPS) is 12.4. The maximum absolute atomic E-state index is 6.51. The Morgan fingerprint density at radius 2 is 1.24 bits per heavy atom. The molecule has 0 bridgehead atoms. The third-order valence-corrected chi connectivity index (χ3v) is 9.59. The van der Waals surface area contributed by atoms with Gasteiger partial charge in [-0.15, -0.1) is 0 Å². The standard InChI is InChI=1S/C41H22N2O2/c1-2-8-23(9-3-1)24-15-16-25-27-11-6-14-35-39(27)40-36(45-35)18-17-31(38(40)29(25)20-24)43-32-12-7-19-42-41(32)30-22-37-28(21-33(30)43)26-10-4-5-13-34(26)44-37/h1-22H. The second-order valence-corrected chi connectivity index (χ2v) is 11.9. The fourth-order valence-corrected chi connectivity index (χ4v) is 7.69. The van der Waals surface area contributed by atoms with E-state index in [1.165, 1.54) is 38.1 Å². The smallest absolute Gasteiger partial charge is 0.136 e. The minimum Gasteiger partial charge on any atom is -0.456 e. The van der Waals surface area contributed by atoms with Crippen LogP contribution >= 0.6 is 0 Å². The van der Waals surface area contributed by atoms with E-state index < -0.39 is 0 Å². The lowest BCUT2D eigenvalue weighted by atomic mass is 9.91. The Kier molecular flexibility index (Phi) is 4.29. The van der Waals surface area contributed by atoms with Crippen molar-refractivity contribution in [2.45, 2.75) is 0 Å². The van der Waals surface area contributed by atoms with Gasteiger partial charge in [-0.05, 0) is 81.9 Å². The first-order valence-electron chi connectivity index (χ1n) is 15.2. The fourth-order valence-electron chi connectivity index (χ4n) is 7.69. The summed E-state index contributed by atoms with van der Waals surface area (Å²) in [5.41, 5.74) is 10.2. The molecule has 4 aromatic heterocycles. The highest BCUT2D eigenvalue weighted by Crippen LogP contribution is 2.47. The molecule has 0 aliphatic carbocycles. The molecule has 0 fully saturated rings. The third kappa shape index (κ3) is 2.98. The average Bonchev–Trinajstić information content (AvgIpc) is 3.76. The maximum atomic E-state index is 6.51. The van der Waals surface area contributed by atoms with Crippen LogP contribution in [0.25, 0.3) is 104 Å². The molecule has 0 saturated carbocycles. The average molecular weight is 575 g/mol. The van der Waals surface area contributed by atoms with Crippen LogP contribution in [-0.2, 0) is 0 Å². The topological polar surface area (TPSA) is 44.1 Å². The third-order valence-electron chi connectivity index (χ3n) is 9.59. The van der Waals surface area contributed by atoms with E-state index in [4.69, 9.17) is 13.8 Å². The number of pyridine rings is 1. The summed E-state index contributed by atoms with van der Waals surface area (Å²) in [5.74, 6) is 0. The summed E-state index contributed by atoms with van der Waals surface area (Å²) < 4.78 is 15.2. The van der Waals surface area contributed by atoms with Gasteiger partial charge in [0, 0.05) is 38.5 Å². The monoisotopic (exact) mass is 574 g/mol. The van der Waals surface area contributed by atoms with Gasteiger partial charge in [0.2, 0.25) is 0 Å². The number of hydrogen-bond acceptors (Lipinski definition) is 3. The van der Waals surface area contributed by atoms with Crippen molar-refractivity contribution in [3.8, 4) is 16.8 Å². The van der Waals surface area contributed by atoms with Crippen molar-refractivity contribution in [3.63, 3.8) is 0 Å². The molecule has 4 nitrogen and oxygen atoms in total. The van der Waals surface area contributed by atoms with Gasteiger partial charge >= 0.3 is 0 Å². The van der Waals surface area contributed by atoms with Gasteiger partial charge < -0.3 is 13.4 Å². The van der Waals surface area contributed by atoms with Crippen LogP contribution in [-0.4, -0.2) is 9.55 Å². The molecule has 11 aromatic rings. The van der Waals surface area contributed by atoms with E-state index in [0.717, 1.165) is 66.1 Å². The van der Waals surface area contributed by atoms with Gasteiger partial charge in [-0.3, -0.25) is 4.98 Å². The predicted octanol–water partition coefficient (Wildman–Crippen LogP) is 11.4. The minimum absolute atomic E-state index is 0.869. The summed E-state index contributed by atoms with van der Waals surface area (Å²) in [6.07, 6.45) is 1.87. The van der Waals surface area contributed by atoms with Gasteiger partial charge in [0.05, 0.1) is 22.2 Å². The summed E-state index contributed by atoms with van der Waals surface area (Å²) >= 11 is 0. The summed E-state index contributed by atoms with van der Waals surface area (Å²) in [4.78, 5) is 4.90. The van der Waals surface area contributed by atoms with Crippen molar-refractivity contribution in [2.75, 3.05) is 0 Å². The molecule has 0 unspecified atom stereocenters. The van der Waals surface area contributed by atoms with Gasteiger partial charge in [0.25, 0.3) is 0 Å². The molecular weight excluding hydrogens is 552 g/mol. The Bertz CT molecular complexity index is 2980. The lowest BCUT2D eigenvalue weighted by Crippen LogP contribution is -1.97. The van der Waals surface area contributed by atoms with Crippen molar-refractivity contribution >= 4 is 87.4 Å². The maximum Gasteiger partial charge on any atom is 0.136 e. The van der Waals surface area contributed by atoms with Crippen molar-refractivity contribution < 1.29 is 8.83 Å². The highest BCUT2D eigenvalue weighted by atomic mass is 16.3. The highest BCUT2D eigenvalue weighted by molar-refractivity contribution is 6.35. The molecule has 208 valence electrons. The van der Waals surface area contributed by atoms with E-state index in [1.807, 2.05) is 24.4 Å². The minimum atomic E-state index is 0.869. The van der Waals surface area contributed by atoms with Crippen LogP contribution < -0.4 is 0 Å². The predicted molar refractivity (Wildman–Crippen MR) is 185 cm³/mol. The van der Waals surface area contributed by atoms with E-state index in [1.54, 1.807) is 0 Å². The van der Waals surface area contributed by atoms with Gasteiger partial charge in [-0.2, -0.15) is 0 Å². The molecule has 0 N–H and O–H groups in total. The van der Waals surface area contributed by atoms with Crippen LogP contribution in [0.15, 0.2) is 142 Å². The second kappa shape index (κ2) is 8.28. The lowest BCUT2D eigenvalue weighted by Gasteiger charge is -2.16. The molecule has 0 aliphatic heterocycles. The summed E-state index contributed by atoms with van der Waals surface area (Å²) in [6, 6.07) is 45.1. The largest absolute Gasteiger partial charge is 0.456 e. The zero-order valence-electron chi connectivity index (χ0n) is 23.9. The first kappa shape index (κ1) is 23.3. The van der Waals surface area contributed by atoms with Crippen LogP contribution in [0.5, 0.6) is 0 Å². The van der Waals surface area contributed by atoms with Crippen LogP contribution in [0.2, 0.25) is 0 Å². The van der Waals surface area contributed by atoms with E-state index in [9.17, 15) is 0 Å². The first-order chi connectivity index (χ1) is 22.3. The van der Waals surface area contributed by atoms with E-state index in [-0.39, 0.29) is 0 Å². The molecule has 0 saturated heterocycles. The summed E-state index contributed by atoms with van der Waals surface area (Å²) in [7, 11) is 0. The van der Waals surface area contributed by atoms with Crippen LogP contribution in [0.3, 0.4) is 0 Å². The van der Waals surface area contributed by atoms with Gasteiger partial charge in [-0.25, -0.2) is 0 Å². The van der Waals surface area contributed by atoms with Crippen molar-refractivity contribution in [1.29, 1.82) is 0 Å². The highest BCUT2D eigenvalue weighted by Gasteiger charge is 2.23. The summed E-state index contributed by atoms with van der Waals surface area (Å²) in [5, 5.41) is 10.4. The second-order valence-electron chi connectivity index (χ2n) is 11.9. The van der Waals surface area contributed by atoms with Crippen molar-refractivity contribution in [3.05, 3.63) is 134 Å². The molecular formula is C41H22N2O2. The van der Waals surface area contributed by atoms with Gasteiger partial charge in [0.15, 0.2) is 0 Å². The molecule has 4 heterocycles. The Labute approximate surface area is 255 Å². The van der Waals surface area contributed by atoms with Gasteiger partial charge in [-0.1, -0.05) is 72.8 Å². The zero-order chi connectivity index (χ0) is 29.2. The lowest BCUT2D eigenvalue weighted by molar-refractivity contribution is 0.669. The number of aromatic nitrogens is 2. The van der Waals surface area contributed by atoms with Crippen molar-refractivity contribution in [1.82, 2.24) is 9.55 Å². The van der Waals surface area contributed by atoms with Gasteiger partial charge in [0.1, 0.15) is 22.3 Å².